The van der Waals surface area contributed by atoms with Crippen molar-refractivity contribution in [3.63, 3.8) is 0 Å². The number of esters is 1. The van der Waals surface area contributed by atoms with Crippen molar-refractivity contribution in [2.24, 2.45) is 0 Å². The highest BCUT2D eigenvalue weighted by molar-refractivity contribution is 7.89. The molecule has 2 aromatic carbocycles. The lowest BCUT2D eigenvalue weighted by molar-refractivity contribution is -0.152. The molecule has 0 amide bonds. The third kappa shape index (κ3) is 4.06. The predicted molar refractivity (Wildman–Crippen MR) is 87.7 cm³/mol. The second-order valence-electron chi connectivity index (χ2n) is 5.13. The van der Waals surface area contributed by atoms with Crippen molar-refractivity contribution in [1.82, 2.24) is 4.72 Å². The topological polar surface area (TPSA) is 89.5 Å². The first kappa shape index (κ1) is 17.8. The molecule has 0 unspecified atom stereocenters. The first-order valence-corrected chi connectivity index (χ1v) is 8.59. The van der Waals surface area contributed by atoms with Crippen molar-refractivity contribution < 1.29 is 22.7 Å². The Morgan fingerprint density at radius 1 is 1.00 bits per heavy atom. The first-order chi connectivity index (χ1) is 11.3. The number of benzene rings is 2. The maximum absolute atomic E-state index is 12.5. The van der Waals surface area contributed by atoms with Gasteiger partial charge in [0.25, 0.3) is 5.78 Å². The van der Waals surface area contributed by atoms with Gasteiger partial charge < -0.3 is 4.74 Å². The standard InChI is InChI=1S/C17H17NO5S/c1-12-8-10-14(11-9-12)24(21,22)18-15(16(19)17(20)23-2)13-6-4-3-5-7-13/h3-11,15,18H,1-2H3/t15-/m1/s1. The quantitative estimate of drug-likeness (QED) is 0.635. The van der Waals surface area contributed by atoms with E-state index in [-0.39, 0.29) is 4.90 Å². The maximum Gasteiger partial charge on any atom is 0.376 e. The molecule has 7 heteroatoms. The smallest absolute Gasteiger partial charge is 0.376 e. The van der Waals surface area contributed by atoms with Gasteiger partial charge in [0.05, 0.1) is 12.0 Å². The number of ketones is 1. The summed E-state index contributed by atoms with van der Waals surface area (Å²) in [4.78, 5) is 23.8. The molecule has 0 spiro atoms. The van der Waals surface area contributed by atoms with Crippen LogP contribution in [-0.4, -0.2) is 27.3 Å². The summed E-state index contributed by atoms with van der Waals surface area (Å²) in [6, 6.07) is 12.9. The highest BCUT2D eigenvalue weighted by Gasteiger charge is 2.32. The Bertz CT molecular complexity index is 829. The van der Waals surface area contributed by atoms with Gasteiger partial charge in [0.2, 0.25) is 10.0 Å². The van der Waals surface area contributed by atoms with E-state index in [0.29, 0.717) is 5.56 Å². The average Bonchev–Trinajstić information content (AvgIpc) is 2.59. The van der Waals surface area contributed by atoms with Crippen LogP contribution < -0.4 is 4.72 Å². The summed E-state index contributed by atoms with van der Waals surface area (Å²) in [6.45, 7) is 1.83. The maximum atomic E-state index is 12.5. The van der Waals surface area contributed by atoms with Crippen molar-refractivity contribution in [1.29, 1.82) is 0 Å². The van der Waals surface area contributed by atoms with E-state index in [4.69, 9.17) is 0 Å². The molecule has 0 heterocycles. The van der Waals surface area contributed by atoms with Gasteiger partial charge in [-0.05, 0) is 24.6 Å². The number of carbonyl (C=O) groups is 2. The van der Waals surface area contributed by atoms with Crippen molar-refractivity contribution in [3.8, 4) is 0 Å². The van der Waals surface area contributed by atoms with Gasteiger partial charge in [-0.3, -0.25) is 4.79 Å². The molecule has 2 rings (SSSR count). The Balaban J connectivity index is 2.39. The number of nitrogens with one attached hydrogen (secondary N) is 1. The van der Waals surface area contributed by atoms with Crippen molar-refractivity contribution in [3.05, 3.63) is 65.7 Å². The lowest BCUT2D eigenvalue weighted by Gasteiger charge is -2.17. The number of hydrogen-bond donors (Lipinski definition) is 1. The summed E-state index contributed by atoms with van der Waals surface area (Å²) in [5.41, 5.74) is 1.25. The molecule has 24 heavy (non-hydrogen) atoms. The molecule has 2 aromatic rings. The van der Waals surface area contributed by atoms with Crippen molar-refractivity contribution in [2.45, 2.75) is 17.9 Å². The molecule has 0 aromatic heterocycles. The summed E-state index contributed by atoms with van der Waals surface area (Å²) < 4.78 is 31.8. The van der Waals surface area contributed by atoms with E-state index in [1.54, 1.807) is 42.5 Å². The van der Waals surface area contributed by atoms with Gasteiger partial charge in [-0.2, -0.15) is 4.72 Å². The zero-order valence-electron chi connectivity index (χ0n) is 13.2. The third-order valence-corrected chi connectivity index (χ3v) is 4.82. The SMILES string of the molecule is COC(=O)C(=O)[C@H](NS(=O)(=O)c1ccc(C)cc1)c1ccccc1. The minimum Gasteiger partial charge on any atom is -0.463 e. The van der Waals surface area contributed by atoms with Crippen molar-refractivity contribution >= 4 is 21.8 Å². The number of ether oxygens (including phenoxy) is 1. The van der Waals surface area contributed by atoms with Crippen LogP contribution in [0.1, 0.15) is 17.2 Å². The zero-order valence-corrected chi connectivity index (χ0v) is 14.0. The Labute approximate surface area is 140 Å². The normalized spacial score (nSPS) is 12.4. The minimum atomic E-state index is -3.99. The molecule has 6 nitrogen and oxygen atoms in total. The van der Waals surface area contributed by atoms with Crippen LogP contribution >= 0.6 is 0 Å². The molecule has 0 aliphatic rings. The van der Waals surface area contributed by atoms with Crippen LogP contribution in [0.25, 0.3) is 0 Å². The van der Waals surface area contributed by atoms with Crippen LogP contribution in [0.15, 0.2) is 59.5 Å². The van der Waals surface area contributed by atoms with Gasteiger partial charge >= 0.3 is 5.97 Å². The van der Waals surface area contributed by atoms with Crippen LogP contribution in [0.2, 0.25) is 0 Å². The van der Waals surface area contributed by atoms with Crippen molar-refractivity contribution in [2.75, 3.05) is 7.11 Å². The highest BCUT2D eigenvalue weighted by atomic mass is 32.2. The molecule has 0 fully saturated rings. The van der Waals surface area contributed by atoms with E-state index in [2.05, 4.69) is 9.46 Å². The van der Waals surface area contributed by atoms with Gasteiger partial charge in [0, 0.05) is 0 Å². The average molecular weight is 347 g/mol. The summed E-state index contributed by atoms with van der Waals surface area (Å²) in [7, 11) is -2.92. The highest BCUT2D eigenvalue weighted by Crippen LogP contribution is 2.19. The lowest BCUT2D eigenvalue weighted by atomic mass is 10.0. The summed E-state index contributed by atoms with van der Waals surface area (Å²) >= 11 is 0. The predicted octanol–water partition coefficient (Wildman–Crippen LogP) is 1.76. The second-order valence-corrected chi connectivity index (χ2v) is 6.85. The first-order valence-electron chi connectivity index (χ1n) is 7.11. The molecule has 0 radical (unpaired) electrons. The molecule has 0 aliphatic heterocycles. The summed E-state index contributed by atoms with van der Waals surface area (Å²) in [5.74, 6) is -2.10. The Morgan fingerprint density at radius 3 is 2.12 bits per heavy atom. The fraction of sp³-hybridized carbons (Fsp3) is 0.176. The molecule has 1 atom stereocenters. The van der Waals surface area contributed by atoms with Crippen LogP contribution in [0.5, 0.6) is 0 Å². The minimum absolute atomic E-state index is 0.00620. The van der Waals surface area contributed by atoms with Gasteiger partial charge in [0.15, 0.2) is 0 Å². The third-order valence-electron chi connectivity index (χ3n) is 3.39. The van der Waals surface area contributed by atoms with Crippen LogP contribution in [0, 0.1) is 6.92 Å². The molecule has 0 saturated carbocycles. The number of carbonyl (C=O) groups excluding carboxylic acids is 2. The zero-order chi connectivity index (χ0) is 17.7. The molecule has 0 saturated heterocycles. The van der Waals surface area contributed by atoms with Gasteiger partial charge in [-0.15, -0.1) is 0 Å². The fourth-order valence-corrected chi connectivity index (χ4v) is 3.26. The Morgan fingerprint density at radius 2 is 1.58 bits per heavy atom. The van der Waals surface area contributed by atoms with Gasteiger partial charge in [-0.1, -0.05) is 48.0 Å². The molecular formula is C17H17NO5S. The van der Waals surface area contributed by atoms with Crippen LogP contribution in [-0.2, 0) is 24.3 Å². The van der Waals surface area contributed by atoms with E-state index in [9.17, 15) is 18.0 Å². The van der Waals surface area contributed by atoms with E-state index in [1.165, 1.54) is 12.1 Å². The largest absolute Gasteiger partial charge is 0.463 e. The number of Topliss-reactive ketones (excluding diaryl/α,β-unsaturated/α-hetero) is 1. The second kappa shape index (κ2) is 7.37. The van der Waals surface area contributed by atoms with E-state index >= 15 is 0 Å². The van der Waals surface area contributed by atoms with Crippen LogP contribution in [0.4, 0.5) is 0 Å². The molecule has 0 bridgehead atoms. The van der Waals surface area contributed by atoms with Gasteiger partial charge in [0.1, 0.15) is 6.04 Å². The number of sulfonamides is 1. The van der Waals surface area contributed by atoms with Gasteiger partial charge in [-0.25, -0.2) is 13.2 Å². The Kier molecular flexibility index (Phi) is 5.48. The monoisotopic (exact) mass is 347 g/mol. The molecule has 126 valence electrons. The Hall–Kier alpha value is -2.51. The molecule has 0 aliphatic carbocycles. The fourth-order valence-electron chi connectivity index (χ4n) is 2.08. The number of rotatable bonds is 6. The molecular weight excluding hydrogens is 330 g/mol. The van der Waals surface area contributed by atoms with E-state index < -0.39 is 27.8 Å². The van der Waals surface area contributed by atoms with E-state index in [0.717, 1.165) is 12.7 Å². The number of aryl methyl sites for hydroxylation is 1. The van der Waals surface area contributed by atoms with E-state index in [1.807, 2.05) is 6.92 Å². The van der Waals surface area contributed by atoms with Crippen LogP contribution in [0.3, 0.4) is 0 Å². The molecule has 1 N–H and O–H groups in total. The lowest BCUT2D eigenvalue weighted by Crippen LogP contribution is -2.37. The summed E-state index contributed by atoms with van der Waals surface area (Å²) in [6.07, 6.45) is 0. The number of methoxy groups -OCH3 is 1. The summed E-state index contributed by atoms with van der Waals surface area (Å²) in [5, 5.41) is 0. The number of hydrogen-bond acceptors (Lipinski definition) is 5.